The molecule has 0 aromatic heterocycles. The van der Waals surface area contributed by atoms with Gasteiger partial charge < -0.3 is 9.84 Å². The van der Waals surface area contributed by atoms with Crippen molar-refractivity contribution in [3.63, 3.8) is 0 Å². The second-order valence-electron chi connectivity index (χ2n) is 2.02. The Labute approximate surface area is 128 Å². The van der Waals surface area contributed by atoms with E-state index in [2.05, 4.69) is 4.74 Å². The van der Waals surface area contributed by atoms with Crippen LogP contribution in [-0.2, 0) is 4.74 Å². The normalized spacial score (nSPS) is 10.4. The van der Waals surface area contributed by atoms with Crippen molar-refractivity contribution in [2.75, 3.05) is 13.2 Å². The molecule has 0 radical (unpaired) electrons. The largest absolute Gasteiger partial charge is 0.483 e. The molecule has 0 aliphatic rings. The second kappa shape index (κ2) is 15.5. The van der Waals surface area contributed by atoms with Crippen LogP contribution in [0.1, 0.15) is 6.92 Å². The highest BCUT2D eigenvalue weighted by atomic mass is 35.5. The summed E-state index contributed by atoms with van der Waals surface area (Å²) in [6.45, 7) is 0.665. The summed E-state index contributed by atoms with van der Waals surface area (Å²) in [7, 11) is 0. The molecule has 0 saturated heterocycles. The first-order valence-corrected chi connectivity index (χ1v) is 6.02. The molecule has 0 unspecified atom stereocenters. The van der Waals surface area contributed by atoms with Gasteiger partial charge in [-0.3, -0.25) is 0 Å². The predicted octanol–water partition coefficient (Wildman–Crippen LogP) is 5.34. The van der Waals surface area contributed by atoms with Gasteiger partial charge in [0.25, 0.3) is 0 Å². The zero-order valence-electron chi connectivity index (χ0n) is 8.95. The van der Waals surface area contributed by atoms with Crippen LogP contribution >= 0.6 is 58.0 Å². The van der Waals surface area contributed by atoms with Crippen molar-refractivity contribution >= 4 is 58.0 Å². The number of hydrogen-bond donors (Lipinski definition) is 1. The molecule has 0 fully saturated rings. The summed E-state index contributed by atoms with van der Waals surface area (Å²) in [5.41, 5.74) is 2.27. The first-order chi connectivity index (χ1) is 8.14. The molecule has 2 nitrogen and oxygen atoms in total. The smallest absolute Gasteiger partial charge is 0.411 e. The summed E-state index contributed by atoms with van der Waals surface area (Å²) in [5.74, 6) is 0. The highest BCUT2D eigenvalue weighted by Gasteiger charge is 2.24. The summed E-state index contributed by atoms with van der Waals surface area (Å²) >= 11 is 25.2. The van der Waals surface area contributed by atoms with Crippen LogP contribution < -0.4 is 0 Å². The molecule has 0 aliphatic carbocycles. The van der Waals surface area contributed by atoms with Gasteiger partial charge in [-0.2, -0.15) is 13.2 Å². The molecule has 0 saturated carbocycles. The lowest BCUT2D eigenvalue weighted by Gasteiger charge is -1.95. The van der Waals surface area contributed by atoms with Gasteiger partial charge in [0.15, 0.2) is 5.22 Å². The van der Waals surface area contributed by atoms with Crippen LogP contribution in [0, 0.1) is 0 Å². The highest BCUT2D eigenvalue weighted by molar-refractivity contribution is 6.58. The Hall–Kier alpha value is 0.480. The number of halogens is 8. The van der Waals surface area contributed by atoms with Gasteiger partial charge in [-0.05, 0) is 18.5 Å². The summed E-state index contributed by atoms with van der Waals surface area (Å²) in [4.78, 5) is 0. The van der Waals surface area contributed by atoms with Crippen molar-refractivity contribution in [2.45, 2.75) is 13.1 Å². The molecule has 0 aromatic rings. The van der Waals surface area contributed by atoms with Gasteiger partial charge >= 0.3 is 6.18 Å². The van der Waals surface area contributed by atoms with E-state index < -0.39 is 12.8 Å². The van der Waals surface area contributed by atoms with Crippen LogP contribution in [0.15, 0.2) is 20.8 Å². The Kier molecular flexibility index (Phi) is 20.3. The lowest BCUT2D eigenvalue weighted by atomic mass is 10.7. The minimum absolute atomic E-state index is 0.0895. The van der Waals surface area contributed by atoms with Crippen LogP contribution in [-0.4, -0.2) is 24.5 Å². The van der Waals surface area contributed by atoms with Gasteiger partial charge in [-0.1, -0.05) is 46.4 Å². The number of aliphatic hydroxyl groups is 1. The Balaban J connectivity index is -0.000000190. The first kappa shape index (κ1) is 23.6. The van der Waals surface area contributed by atoms with Gasteiger partial charge in [0.05, 0.1) is 12.1 Å². The fourth-order valence-corrected chi connectivity index (χ4v) is 0.341. The van der Waals surface area contributed by atoms with E-state index in [1.807, 2.05) is 6.92 Å². The molecule has 18 heavy (non-hydrogen) atoms. The van der Waals surface area contributed by atoms with E-state index in [1.165, 1.54) is 5.54 Å². The summed E-state index contributed by atoms with van der Waals surface area (Å²) < 4.78 is 36.4. The zero-order chi connectivity index (χ0) is 15.2. The van der Waals surface area contributed by atoms with Crippen molar-refractivity contribution < 1.29 is 23.0 Å². The molecule has 0 heterocycles. The van der Waals surface area contributed by atoms with Crippen LogP contribution in [0.2, 0.25) is 0 Å². The Morgan fingerprint density at radius 3 is 1.56 bits per heavy atom. The molecule has 0 rings (SSSR count). The minimum Gasteiger partial charge on any atom is -0.483 e. The fraction of sp³-hybridized carbons (Fsp3) is 0.500. The van der Waals surface area contributed by atoms with Gasteiger partial charge in [0.1, 0.15) is 11.1 Å². The average Bonchev–Trinajstić information content (AvgIpc) is 2.30. The maximum Gasteiger partial charge on any atom is 0.411 e. The van der Waals surface area contributed by atoms with E-state index in [-0.39, 0.29) is 9.71 Å². The maximum atomic E-state index is 10.5. The maximum absolute atomic E-state index is 10.5. The zero-order valence-corrected chi connectivity index (χ0v) is 12.7. The van der Waals surface area contributed by atoms with E-state index in [0.29, 0.717) is 6.61 Å². The lowest BCUT2D eigenvalue weighted by molar-refractivity contribution is -0.159. The monoisotopic (exact) mass is 370 g/mol. The van der Waals surface area contributed by atoms with Gasteiger partial charge in [-0.25, -0.2) is 0 Å². The molecule has 0 atom stereocenters. The molecule has 0 aliphatic heterocycles. The van der Waals surface area contributed by atoms with Crippen molar-refractivity contribution in [2.24, 2.45) is 0 Å². The van der Waals surface area contributed by atoms with Gasteiger partial charge in [0.2, 0.25) is 0 Å². The molecule has 110 valence electrons. The Bertz CT molecular complexity index is 239. The van der Waals surface area contributed by atoms with Crippen molar-refractivity contribution in [3.8, 4) is 0 Å². The summed E-state index contributed by atoms with van der Waals surface area (Å²) in [5, 5.41) is 7.52. The molecule has 1 N–H and O–H groups in total. The molecule has 10 heteroatoms. The van der Waals surface area contributed by atoms with E-state index in [4.69, 9.17) is 63.1 Å². The number of alkyl halides is 3. The van der Waals surface area contributed by atoms with Crippen molar-refractivity contribution in [1.82, 2.24) is 0 Å². The molecule has 0 amide bonds. The van der Waals surface area contributed by atoms with E-state index in [9.17, 15) is 13.2 Å². The van der Waals surface area contributed by atoms with Crippen molar-refractivity contribution in [1.29, 1.82) is 0 Å². The third-order valence-corrected chi connectivity index (χ3v) is 1.82. The highest BCUT2D eigenvalue weighted by Crippen LogP contribution is 2.11. The number of ether oxygens (including phenoxy) is 1. The molecule has 0 bridgehead atoms. The topological polar surface area (TPSA) is 29.5 Å². The number of aliphatic hydroxyl groups excluding tert-OH is 1. The van der Waals surface area contributed by atoms with E-state index in [0.717, 1.165) is 5.54 Å². The fourth-order valence-electron chi connectivity index (χ4n) is 0.169. The van der Waals surface area contributed by atoms with Gasteiger partial charge in [-0.15, -0.1) is 0 Å². The molecular weight excluding hydrogens is 362 g/mol. The molecule has 0 spiro atoms. The standard InChI is InChI=1S/C4H6Cl2O.C2HCl3.C2H3F3O/c1-2-7-4(6)3-5;3-1-2(4)5;3-2(4,5)1-6/h3H,2H2,1H3;1H;6H,1H2/b4-3-;;. The van der Waals surface area contributed by atoms with Crippen molar-refractivity contribution in [3.05, 3.63) is 20.8 Å². The van der Waals surface area contributed by atoms with Gasteiger partial charge in [0, 0.05) is 5.54 Å². The lowest BCUT2D eigenvalue weighted by Crippen LogP contribution is -2.12. The third-order valence-electron chi connectivity index (χ3n) is 0.630. The van der Waals surface area contributed by atoms with Crippen LogP contribution in [0.3, 0.4) is 0 Å². The summed E-state index contributed by atoms with van der Waals surface area (Å²) in [6, 6.07) is 0. The molecular formula is C8H10Cl5F3O2. The SMILES string of the molecule is CCO/C(Cl)=C\Cl.ClC=C(Cl)Cl.OCC(F)(F)F. The Morgan fingerprint density at radius 2 is 1.50 bits per heavy atom. The number of hydrogen-bond acceptors (Lipinski definition) is 2. The predicted molar refractivity (Wildman–Crippen MR) is 70.2 cm³/mol. The van der Waals surface area contributed by atoms with E-state index >= 15 is 0 Å². The summed E-state index contributed by atoms with van der Waals surface area (Å²) in [6.07, 6.45) is -4.40. The van der Waals surface area contributed by atoms with Crippen LogP contribution in [0.4, 0.5) is 13.2 Å². The third kappa shape index (κ3) is 36.0. The van der Waals surface area contributed by atoms with Crippen LogP contribution in [0.5, 0.6) is 0 Å². The first-order valence-electron chi connectivity index (χ1n) is 4.02. The van der Waals surface area contributed by atoms with Crippen LogP contribution in [0.25, 0.3) is 0 Å². The second-order valence-corrected chi connectivity index (χ2v) is 3.84. The Morgan fingerprint density at radius 1 is 1.17 bits per heavy atom. The van der Waals surface area contributed by atoms with E-state index in [1.54, 1.807) is 0 Å². The quantitative estimate of drug-likeness (QED) is 0.663. The average molecular weight is 372 g/mol. The minimum atomic E-state index is -4.40. The molecule has 0 aromatic carbocycles. The number of rotatable bonds is 2.